The van der Waals surface area contributed by atoms with E-state index in [1.54, 1.807) is 17.5 Å². The molecule has 0 unspecified atom stereocenters. The fourth-order valence-electron chi connectivity index (χ4n) is 8.63. The second-order valence-electron chi connectivity index (χ2n) is 16.6. The van der Waals surface area contributed by atoms with Crippen molar-refractivity contribution >= 4 is 57.2 Å². The standard InChI is InChI=1S/C47H48ClN11O3S/c1-25(2)59-39-20-33(19-35(37(39)24-51-59)45(61)50-23-36-26(3)18-27(4)52-46(36)62)32-10-13-40(49-22-32)56-14-16-57(17-15-56)41(60)21-38-44-55-54-30(7)58(44)47-42(28(5)29(6)63-47)43(53-38)31-8-11-34(48)12-9-31/h8-13,18-20,22,24-25,38H,14-17,21,23H2,1-7H3,(H,50,61)(H,52,62)/t38-/m0/s1. The molecule has 63 heavy (non-hydrogen) atoms. The van der Waals surface area contributed by atoms with E-state index in [0.717, 1.165) is 72.3 Å². The number of nitrogens with zero attached hydrogens (tertiary/aromatic N) is 9. The number of hydrogen-bond acceptors (Lipinski definition) is 10. The zero-order chi connectivity index (χ0) is 44.3. The second kappa shape index (κ2) is 16.7. The molecule has 2 amide bonds. The normalized spacial score (nSPS) is 15.1. The summed E-state index contributed by atoms with van der Waals surface area (Å²) in [4.78, 5) is 58.9. The van der Waals surface area contributed by atoms with E-state index in [1.165, 1.54) is 4.88 Å². The molecule has 7 aromatic rings. The Bertz CT molecular complexity index is 3010. The smallest absolute Gasteiger partial charge is 0.253 e. The number of anilines is 1. The number of nitrogens with one attached hydrogen (secondary N) is 2. The molecule has 2 aliphatic rings. The third-order valence-electron chi connectivity index (χ3n) is 12.1. The highest BCUT2D eigenvalue weighted by Crippen LogP contribution is 2.40. The Kier molecular flexibility index (Phi) is 11.1. The van der Waals surface area contributed by atoms with Crippen molar-refractivity contribution in [3.05, 3.63) is 138 Å². The molecule has 1 atom stereocenters. The number of carbonyl (C=O) groups is 2. The maximum Gasteiger partial charge on any atom is 0.253 e. The highest BCUT2D eigenvalue weighted by molar-refractivity contribution is 7.15. The summed E-state index contributed by atoms with van der Waals surface area (Å²) in [5, 5.41) is 19.0. The summed E-state index contributed by atoms with van der Waals surface area (Å²) in [7, 11) is 0. The first-order chi connectivity index (χ1) is 30.2. The molecule has 2 N–H and O–H groups in total. The monoisotopic (exact) mass is 881 g/mol. The van der Waals surface area contributed by atoms with Crippen LogP contribution in [0.4, 0.5) is 5.82 Å². The van der Waals surface area contributed by atoms with E-state index in [-0.39, 0.29) is 36.4 Å². The van der Waals surface area contributed by atoms with Gasteiger partial charge in [-0.2, -0.15) is 5.10 Å². The zero-order valence-electron chi connectivity index (χ0n) is 36.3. The Labute approximate surface area is 373 Å². The van der Waals surface area contributed by atoms with Crippen LogP contribution in [0.25, 0.3) is 27.0 Å². The van der Waals surface area contributed by atoms with Gasteiger partial charge in [-0.05, 0) is 108 Å². The minimum Gasteiger partial charge on any atom is -0.353 e. The van der Waals surface area contributed by atoms with Gasteiger partial charge in [-0.1, -0.05) is 23.7 Å². The van der Waals surface area contributed by atoms with Gasteiger partial charge in [0.2, 0.25) is 5.91 Å². The van der Waals surface area contributed by atoms with Gasteiger partial charge >= 0.3 is 0 Å². The number of hydrogen-bond donors (Lipinski definition) is 2. The summed E-state index contributed by atoms with van der Waals surface area (Å²) >= 11 is 7.98. The molecule has 1 fully saturated rings. The predicted molar refractivity (Wildman–Crippen MR) is 248 cm³/mol. The van der Waals surface area contributed by atoms with Gasteiger partial charge in [0.15, 0.2) is 5.82 Å². The van der Waals surface area contributed by atoms with Crippen LogP contribution >= 0.6 is 22.9 Å². The van der Waals surface area contributed by atoms with Crippen LogP contribution < -0.4 is 15.8 Å². The van der Waals surface area contributed by atoms with E-state index in [1.807, 2.05) is 105 Å². The van der Waals surface area contributed by atoms with Crippen molar-refractivity contribution in [2.45, 2.75) is 73.5 Å². The molecule has 322 valence electrons. The number of aromatic amines is 1. The summed E-state index contributed by atoms with van der Waals surface area (Å²) in [5.41, 5.74) is 8.78. The molecule has 2 aromatic carbocycles. The molecule has 0 saturated carbocycles. The van der Waals surface area contributed by atoms with E-state index < -0.39 is 6.04 Å². The fraction of sp³-hybridized carbons (Fsp3) is 0.319. The topological polar surface area (TPSA) is 159 Å². The van der Waals surface area contributed by atoms with Gasteiger partial charge in [0, 0.05) is 88.2 Å². The van der Waals surface area contributed by atoms with Crippen LogP contribution in [0.5, 0.6) is 0 Å². The fourth-order valence-corrected chi connectivity index (χ4v) is 9.97. The number of halogens is 1. The summed E-state index contributed by atoms with van der Waals surface area (Å²) in [6.45, 7) is 16.3. The number of carbonyl (C=O) groups excluding carboxylic acids is 2. The summed E-state index contributed by atoms with van der Waals surface area (Å²) in [5.74, 6) is 1.92. The first kappa shape index (κ1) is 41.9. The number of fused-ring (bicyclic) bond motifs is 4. The lowest BCUT2D eigenvalue weighted by Gasteiger charge is -2.35. The molecule has 7 heterocycles. The molecule has 9 rings (SSSR count). The number of aromatic nitrogens is 7. The third-order valence-corrected chi connectivity index (χ3v) is 13.6. The van der Waals surface area contributed by atoms with Crippen molar-refractivity contribution in [3.63, 3.8) is 0 Å². The molecule has 0 radical (unpaired) electrons. The predicted octanol–water partition coefficient (Wildman–Crippen LogP) is 7.77. The Morgan fingerprint density at radius 1 is 0.921 bits per heavy atom. The van der Waals surface area contributed by atoms with Crippen molar-refractivity contribution in [1.82, 2.24) is 44.7 Å². The molecule has 16 heteroatoms. The van der Waals surface area contributed by atoms with Gasteiger partial charge in [-0.3, -0.25) is 28.6 Å². The van der Waals surface area contributed by atoms with Gasteiger partial charge in [-0.15, -0.1) is 21.5 Å². The van der Waals surface area contributed by atoms with E-state index in [9.17, 15) is 14.4 Å². The maximum atomic E-state index is 14.1. The highest BCUT2D eigenvalue weighted by atomic mass is 35.5. The zero-order valence-corrected chi connectivity index (χ0v) is 37.9. The van der Waals surface area contributed by atoms with Gasteiger partial charge in [0.05, 0.1) is 29.4 Å². The lowest BCUT2D eigenvalue weighted by atomic mass is 9.99. The minimum atomic E-state index is -0.539. The van der Waals surface area contributed by atoms with Crippen LogP contribution in [0.2, 0.25) is 5.02 Å². The molecular weight excluding hydrogens is 834 g/mol. The maximum absolute atomic E-state index is 14.1. The highest BCUT2D eigenvalue weighted by Gasteiger charge is 2.34. The second-order valence-corrected chi connectivity index (χ2v) is 18.3. The van der Waals surface area contributed by atoms with Crippen LogP contribution in [-0.4, -0.2) is 83.1 Å². The Balaban J connectivity index is 0.917. The summed E-state index contributed by atoms with van der Waals surface area (Å²) in [6, 6.07) is 17.0. The van der Waals surface area contributed by atoms with Crippen LogP contribution in [-0.2, 0) is 11.3 Å². The molecule has 0 spiro atoms. The average molecular weight is 882 g/mol. The Morgan fingerprint density at radius 2 is 1.67 bits per heavy atom. The first-order valence-corrected chi connectivity index (χ1v) is 22.3. The molecule has 0 aliphatic carbocycles. The van der Waals surface area contributed by atoms with E-state index >= 15 is 0 Å². The Morgan fingerprint density at radius 3 is 2.37 bits per heavy atom. The first-order valence-electron chi connectivity index (χ1n) is 21.1. The van der Waals surface area contributed by atoms with Crippen molar-refractivity contribution in [2.24, 2.45) is 4.99 Å². The largest absolute Gasteiger partial charge is 0.353 e. The third kappa shape index (κ3) is 7.84. The van der Waals surface area contributed by atoms with E-state index in [2.05, 4.69) is 48.9 Å². The number of rotatable bonds is 9. The summed E-state index contributed by atoms with van der Waals surface area (Å²) in [6.07, 6.45) is 3.70. The van der Waals surface area contributed by atoms with Crippen molar-refractivity contribution in [3.8, 4) is 16.1 Å². The summed E-state index contributed by atoms with van der Waals surface area (Å²) < 4.78 is 3.97. The number of H-pyrrole nitrogens is 1. The van der Waals surface area contributed by atoms with Crippen molar-refractivity contribution < 1.29 is 9.59 Å². The van der Waals surface area contributed by atoms with Crippen LogP contribution in [0.3, 0.4) is 0 Å². The van der Waals surface area contributed by atoms with Crippen LogP contribution in [0.15, 0.2) is 76.8 Å². The quantitative estimate of drug-likeness (QED) is 0.149. The molecule has 0 bridgehead atoms. The lowest BCUT2D eigenvalue weighted by molar-refractivity contribution is -0.131. The molecule has 1 saturated heterocycles. The lowest BCUT2D eigenvalue weighted by Crippen LogP contribution is -2.49. The van der Waals surface area contributed by atoms with Crippen LogP contribution in [0.1, 0.15) is 92.7 Å². The number of aryl methyl sites for hydroxylation is 4. The van der Waals surface area contributed by atoms with Gasteiger partial charge in [-0.25, -0.2) is 4.98 Å². The number of benzene rings is 2. The van der Waals surface area contributed by atoms with Crippen molar-refractivity contribution in [2.75, 3.05) is 31.1 Å². The molecule has 2 aliphatic heterocycles. The van der Waals surface area contributed by atoms with Gasteiger partial charge in [0.25, 0.3) is 11.5 Å². The van der Waals surface area contributed by atoms with Crippen LogP contribution in [0, 0.1) is 34.6 Å². The number of aliphatic imine (C=N–C) groups is 1. The molecular formula is C47H48ClN11O3S. The number of amides is 2. The van der Waals surface area contributed by atoms with Crippen molar-refractivity contribution in [1.29, 1.82) is 0 Å². The number of thiophene rings is 1. The van der Waals surface area contributed by atoms with E-state index in [0.29, 0.717) is 48.2 Å². The van der Waals surface area contributed by atoms with E-state index in [4.69, 9.17) is 21.6 Å². The number of piperazine rings is 1. The van der Waals surface area contributed by atoms with Gasteiger partial charge in [0.1, 0.15) is 22.7 Å². The van der Waals surface area contributed by atoms with Gasteiger partial charge < -0.3 is 20.1 Å². The molecule has 14 nitrogen and oxygen atoms in total. The Hall–Kier alpha value is -6.45. The minimum absolute atomic E-state index is 0.00389. The molecule has 5 aromatic heterocycles. The SMILES string of the molecule is Cc1cc(C)c(CNC(=O)c2cc(-c3ccc(N4CCN(C(=O)C[C@@H]5N=C(c6ccc(Cl)cc6)c6c(sc(C)c6C)-n6c(C)nnc65)CC4)nc3)cc3c2cnn3C(C)C)c(=O)[nH]1. The number of pyridine rings is 2. The average Bonchev–Trinajstić information content (AvgIpc) is 3.93.